The number of aromatic amines is 1. The summed E-state index contributed by atoms with van der Waals surface area (Å²) in [6, 6.07) is 0. The summed E-state index contributed by atoms with van der Waals surface area (Å²) < 4.78 is 0. The maximum absolute atomic E-state index is 5.52. The molecule has 5 nitrogen and oxygen atoms in total. The molecule has 0 aromatic carbocycles. The average Bonchev–Trinajstić information content (AvgIpc) is 2.66. The SMILES string of the molecule is CCC1(c2nc(N)n[nH]2)CCCNC1. The van der Waals surface area contributed by atoms with Crippen LogP contribution >= 0.6 is 0 Å². The predicted octanol–water partition coefficient (Wildman–Crippen LogP) is 0.418. The molecular weight excluding hydrogens is 178 g/mol. The summed E-state index contributed by atoms with van der Waals surface area (Å²) in [5, 5.41) is 10.2. The van der Waals surface area contributed by atoms with Crippen LogP contribution in [0.4, 0.5) is 5.95 Å². The molecule has 1 aromatic heterocycles. The number of piperidine rings is 1. The van der Waals surface area contributed by atoms with Gasteiger partial charge in [-0.15, -0.1) is 5.10 Å². The van der Waals surface area contributed by atoms with E-state index in [1.165, 1.54) is 6.42 Å². The summed E-state index contributed by atoms with van der Waals surface area (Å²) >= 11 is 0. The van der Waals surface area contributed by atoms with Gasteiger partial charge < -0.3 is 11.1 Å². The Bertz CT molecular complexity index is 300. The zero-order valence-electron chi connectivity index (χ0n) is 8.51. The van der Waals surface area contributed by atoms with Gasteiger partial charge >= 0.3 is 0 Å². The lowest BCUT2D eigenvalue weighted by Gasteiger charge is -2.34. The molecule has 1 aliphatic rings. The molecular formula is C9H17N5. The number of rotatable bonds is 2. The van der Waals surface area contributed by atoms with E-state index in [9.17, 15) is 0 Å². The van der Waals surface area contributed by atoms with Crippen molar-refractivity contribution >= 4 is 5.95 Å². The summed E-state index contributed by atoms with van der Waals surface area (Å²) in [4.78, 5) is 4.25. The maximum atomic E-state index is 5.52. The molecule has 4 N–H and O–H groups in total. The number of hydrogen-bond donors (Lipinski definition) is 3. The first kappa shape index (κ1) is 9.45. The van der Waals surface area contributed by atoms with Crippen molar-refractivity contribution in [2.24, 2.45) is 0 Å². The van der Waals surface area contributed by atoms with Gasteiger partial charge in [0.1, 0.15) is 5.82 Å². The monoisotopic (exact) mass is 195 g/mol. The van der Waals surface area contributed by atoms with Crippen molar-refractivity contribution in [3.63, 3.8) is 0 Å². The molecule has 2 rings (SSSR count). The van der Waals surface area contributed by atoms with Crippen LogP contribution in [0.2, 0.25) is 0 Å². The van der Waals surface area contributed by atoms with Gasteiger partial charge in [0.05, 0.1) is 0 Å². The first-order valence-corrected chi connectivity index (χ1v) is 5.16. The van der Waals surface area contributed by atoms with Gasteiger partial charge in [-0.05, 0) is 25.8 Å². The highest BCUT2D eigenvalue weighted by molar-refractivity contribution is 5.19. The van der Waals surface area contributed by atoms with E-state index in [-0.39, 0.29) is 5.41 Å². The van der Waals surface area contributed by atoms with Gasteiger partial charge in [0.2, 0.25) is 5.95 Å². The first-order valence-electron chi connectivity index (χ1n) is 5.16. The number of nitrogen functional groups attached to an aromatic ring is 1. The maximum Gasteiger partial charge on any atom is 0.239 e. The molecule has 0 amide bonds. The van der Waals surface area contributed by atoms with E-state index >= 15 is 0 Å². The van der Waals surface area contributed by atoms with Gasteiger partial charge in [0.25, 0.3) is 0 Å². The van der Waals surface area contributed by atoms with Crippen LogP contribution in [0.5, 0.6) is 0 Å². The molecule has 0 radical (unpaired) electrons. The van der Waals surface area contributed by atoms with Crippen LogP contribution in [0.15, 0.2) is 0 Å². The molecule has 1 saturated heterocycles. The van der Waals surface area contributed by atoms with E-state index in [0.717, 1.165) is 31.8 Å². The highest BCUT2D eigenvalue weighted by Gasteiger charge is 2.35. The Balaban J connectivity index is 2.26. The van der Waals surface area contributed by atoms with E-state index in [2.05, 4.69) is 27.4 Å². The summed E-state index contributed by atoms with van der Waals surface area (Å²) in [6.45, 7) is 4.26. The minimum absolute atomic E-state index is 0.114. The standard InChI is InChI=1S/C9H17N5/c1-2-9(4-3-5-11-6-9)7-12-8(10)14-13-7/h11H,2-6H2,1H3,(H3,10,12,13,14). The number of hydrogen-bond acceptors (Lipinski definition) is 4. The molecule has 0 spiro atoms. The highest BCUT2D eigenvalue weighted by Crippen LogP contribution is 2.32. The van der Waals surface area contributed by atoms with Crippen LogP contribution in [0.25, 0.3) is 0 Å². The normalized spacial score (nSPS) is 27.8. The number of nitrogens with two attached hydrogens (primary N) is 1. The summed E-state index contributed by atoms with van der Waals surface area (Å²) in [5.74, 6) is 1.28. The van der Waals surface area contributed by atoms with Gasteiger partial charge in [0.15, 0.2) is 0 Å². The molecule has 1 atom stereocenters. The number of nitrogens with one attached hydrogen (secondary N) is 2. The van der Waals surface area contributed by atoms with Crippen molar-refractivity contribution in [1.82, 2.24) is 20.5 Å². The largest absolute Gasteiger partial charge is 0.367 e. The molecule has 1 aliphatic heterocycles. The van der Waals surface area contributed by atoms with Crippen molar-refractivity contribution in [2.75, 3.05) is 18.8 Å². The molecule has 1 fully saturated rings. The Kier molecular flexibility index (Phi) is 2.41. The molecule has 2 heterocycles. The third-order valence-corrected chi connectivity index (χ3v) is 3.15. The average molecular weight is 195 g/mol. The summed E-state index contributed by atoms with van der Waals surface area (Å²) in [6.07, 6.45) is 3.41. The van der Waals surface area contributed by atoms with E-state index in [4.69, 9.17) is 5.73 Å². The Hall–Kier alpha value is -1.10. The summed E-state index contributed by atoms with van der Waals surface area (Å²) in [5.41, 5.74) is 5.64. The van der Waals surface area contributed by atoms with Crippen LogP contribution in [-0.4, -0.2) is 28.3 Å². The van der Waals surface area contributed by atoms with E-state index in [1.807, 2.05) is 0 Å². The fraction of sp³-hybridized carbons (Fsp3) is 0.778. The lowest BCUT2D eigenvalue weighted by Crippen LogP contribution is -2.43. The lowest BCUT2D eigenvalue weighted by atomic mass is 9.78. The van der Waals surface area contributed by atoms with Gasteiger partial charge in [-0.2, -0.15) is 4.98 Å². The van der Waals surface area contributed by atoms with Crippen molar-refractivity contribution in [2.45, 2.75) is 31.6 Å². The minimum atomic E-state index is 0.114. The third kappa shape index (κ3) is 1.48. The number of nitrogens with zero attached hydrogens (tertiary/aromatic N) is 2. The van der Waals surface area contributed by atoms with Gasteiger partial charge in [0, 0.05) is 12.0 Å². The van der Waals surface area contributed by atoms with Crippen molar-refractivity contribution in [3.05, 3.63) is 5.82 Å². The van der Waals surface area contributed by atoms with Crippen LogP contribution < -0.4 is 11.1 Å². The fourth-order valence-corrected chi connectivity index (χ4v) is 2.15. The molecule has 0 bridgehead atoms. The Morgan fingerprint density at radius 2 is 2.43 bits per heavy atom. The van der Waals surface area contributed by atoms with Gasteiger partial charge in [-0.1, -0.05) is 6.92 Å². The Labute approximate surface area is 83.5 Å². The summed E-state index contributed by atoms with van der Waals surface area (Å²) in [7, 11) is 0. The lowest BCUT2D eigenvalue weighted by molar-refractivity contribution is 0.288. The van der Waals surface area contributed by atoms with E-state index < -0.39 is 0 Å². The van der Waals surface area contributed by atoms with Crippen LogP contribution in [0.1, 0.15) is 32.0 Å². The van der Waals surface area contributed by atoms with Crippen LogP contribution in [0.3, 0.4) is 0 Å². The fourth-order valence-electron chi connectivity index (χ4n) is 2.15. The van der Waals surface area contributed by atoms with Crippen LogP contribution in [0, 0.1) is 0 Å². The van der Waals surface area contributed by atoms with Crippen molar-refractivity contribution in [3.8, 4) is 0 Å². The second-order valence-electron chi connectivity index (χ2n) is 3.96. The molecule has 14 heavy (non-hydrogen) atoms. The van der Waals surface area contributed by atoms with Crippen LogP contribution in [-0.2, 0) is 5.41 Å². The molecule has 0 aliphatic carbocycles. The molecule has 1 unspecified atom stereocenters. The van der Waals surface area contributed by atoms with Gasteiger partial charge in [-0.25, -0.2) is 0 Å². The number of anilines is 1. The van der Waals surface area contributed by atoms with E-state index in [0.29, 0.717) is 5.95 Å². The highest BCUT2D eigenvalue weighted by atomic mass is 15.3. The number of aromatic nitrogens is 3. The number of H-pyrrole nitrogens is 1. The molecule has 0 saturated carbocycles. The molecule has 5 heteroatoms. The predicted molar refractivity (Wildman–Crippen MR) is 54.9 cm³/mol. The van der Waals surface area contributed by atoms with Crippen molar-refractivity contribution in [1.29, 1.82) is 0 Å². The zero-order chi connectivity index (χ0) is 10.0. The minimum Gasteiger partial charge on any atom is -0.367 e. The smallest absolute Gasteiger partial charge is 0.239 e. The Morgan fingerprint density at radius 1 is 1.57 bits per heavy atom. The molecule has 78 valence electrons. The van der Waals surface area contributed by atoms with Gasteiger partial charge in [-0.3, -0.25) is 5.10 Å². The second-order valence-corrected chi connectivity index (χ2v) is 3.96. The Morgan fingerprint density at radius 3 is 2.93 bits per heavy atom. The first-order chi connectivity index (χ1) is 6.77. The third-order valence-electron chi connectivity index (χ3n) is 3.15. The second kappa shape index (κ2) is 3.57. The zero-order valence-corrected chi connectivity index (χ0v) is 8.51. The van der Waals surface area contributed by atoms with Crippen molar-refractivity contribution < 1.29 is 0 Å². The van der Waals surface area contributed by atoms with E-state index in [1.54, 1.807) is 0 Å². The molecule has 1 aromatic rings. The quantitative estimate of drug-likeness (QED) is 0.639. The topological polar surface area (TPSA) is 79.6 Å².